The van der Waals surface area contributed by atoms with Crippen molar-refractivity contribution < 1.29 is 23.9 Å². The van der Waals surface area contributed by atoms with E-state index < -0.39 is 30.1 Å². The minimum Gasteiger partial charge on any atom is -0.477 e. The van der Waals surface area contributed by atoms with E-state index in [4.69, 9.17) is 32.7 Å². The average Bonchev–Trinajstić information content (AvgIpc) is 3.09. The van der Waals surface area contributed by atoms with Crippen molar-refractivity contribution >= 4 is 41.1 Å². The number of nitrogens with one attached hydrogen (secondary N) is 2. The van der Waals surface area contributed by atoms with Crippen LogP contribution in [0.25, 0.3) is 0 Å². The molecule has 2 rings (SSSR count). The van der Waals surface area contributed by atoms with E-state index in [2.05, 4.69) is 10.6 Å². The van der Waals surface area contributed by atoms with Crippen molar-refractivity contribution in [2.24, 2.45) is 0 Å². The van der Waals surface area contributed by atoms with Crippen molar-refractivity contribution in [2.45, 2.75) is 57.8 Å². The molecule has 3 amide bonds. The van der Waals surface area contributed by atoms with Crippen LogP contribution in [0.15, 0.2) is 18.2 Å². The molecule has 2 N–H and O–H groups in total. The summed E-state index contributed by atoms with van der Waals surface area (Å²) in [5, 5.41) is 5.58. The molecule has 1 fully saturated rings. The Morgan fingerprint density at radius 3 is 2.41 bits per heavy atom. The summed E-state index contributed by atoms with van der Waals surface area (Å²) in [6.45, 7) is 2.84. The molecule has 2 atom stereocenters. The molecule has 9 heteroatoms. The molecular formula is C18H22Cl2N2O5. The van der Waals surface area contributed by atoms with Crippen LogP contribution in [0.5, 0.6) is 5.75 Å². The van der Waals surface area contributed by atoms with Crippen molar-refractivity contribution in [1.29, 1.82) is 0 Å². The van der Waals surface area contributed by atoms with Crippen LogP contribution >= 0.6 is 23.2 Å². The Hall–Kier alpha value is -1.99. The quantitative estimate of drug-likeness (QED) is 0.692. The van der Waals surface area contributed by atoms with Gasteiger partial charge in [0, 0.05) is 11.1 Å². The molecule has 0 aliphatic heterocycles. The van der Waals surface area contributed by atoms with Gasteiger partial charge in [-0.2, -0.15) is 0 Å². The zero-order valence-electron chi connectivity index (χ0n) is 15.1. The highest BCUT2D eigenvalue weighted by Crippen LogP contribution is 2.28. The van der Waals surface area contributed by atoms with Crippen molar-refractivity contribution in [3.05, 3.63) is 28.2 Å². The van der Waals surface area contributed by atoms with Gasteiger partial charge >= 0.3 is 12.0 Å². The van der Waals surface area contributed by atoms with Gasteiger partial charge in [-0.1, -0.05) is 36.0 Å². The fourth-order valence-corrected chi connectivity index (χ4v) is 3.09. The number of amides is 3. The minimum absolute atomic E-state index is 0.0770. The second kappa shape index (κ2) is 9.80. The maximum atomic E-state index is 12.1. The third-order valence-electron chi connectivity index (χ3n) is 4.12. The molecule has 1 aliphatic carbocycles. The van der Waals surface area contributed by atoms with E-state index in [9.17, 15) is 14.4 Å². The van der Waals surface area contributed by atoms with Gasteiger partial charge in [0.2, 0.25) is 0 Å². The fourth-order valence-electron chi connectivity index (χ4n) is 2.64. The van der Waals surface area contributed by atoms with E-state index in [1.807, 2.05) is 0 Å². The lowest BCUT2D eigenvalue weighted by Gasteiger charge is -2.18. The molecule has 0 unspecified atom stereocenters. The summed E-state index contributed by atoms with van der Waals surface area (Å²) in [6.07, 6.45) is 1.75. The normalized spacial score (nSPS) is 16.3. The number of benzene rings is 1. The molecule has 148 valence electrons. The second-order valence-electron chi connectivity index (χ2n) is 6.36. The molecule has 7 nitrogen and oxygen atoms in total. The Kier molecular flexibility index (Phi) is 7.74. The van der Waals surface area contributed by atoms with Crippen LogP contribution in [-0.2, 0) is 14.3 Å². The second-order valence-corrected chi connectivity index (χ2v) is 7.20. The molecule has 0 aromatic heterocycles. The molecule has 1 saturated carbocycles. The highest BCUT2D eigenvalue weighted by molar-refractivity contribution is 6.35. The molecule has 1 aromatic carbocycles. The van der Waals surface area contributed by atoms with Crippen molar-refractivity contribution in [2.75, 3.05) is 0 Å². The summed E-state index contributed by atoms with van der Waals surface area (Å²) in [4.78, 5) is 35.9. The Bertz CT molecular complexity index is 707. The van der Waals surface area contributed by atoms with E-state index in [0.29, 0.717) is 5.02 Å². The van der Waals surface area contributed by atoms with E-state index in [-0.39, 0.29) is 16.8 Å². The van der Waals surface area contributed by atoms with Gasteiger partial charge in [-0.05, 0) is 44.9 Å². The standard InChI is InChI=1S/C18H22Cl2N2O5/c1-10(16(23)22-18(25)21-13-5-3-4-6-13)27-17(24)11(2)26-15-8-7-12(19)9-14(15)20/h7-11,13H,3-6H2,1-2H3,(H2,21,22,23,25)/t10-,11+/m1/s1. The predicted octanol–water partition coefficient (Wildman–Crippen LogP) is 3.46. The Morgan fingerprint density at radius 2 is 1.78 bits per heavy atom. The van der Waals surface area contributed by atoms with Gasteiger partial charge in [-0.3, -0.25) is 10.1 Å². The number of imide groups is 1. The fraction of sp³-hybridized carbons (Fsp3) is 0.500. The zero-order chi connectivity index (χ0) is 20.0. The Labute approximate surface area is 167 Å². The van der Waals surface area contributed by atoms with Crippen molar-refractivity contribution in [3.8, 4) is 5.75 Å². The first-order valence-electron chi connectivity index (χ1n) is 8.70. The average molecular weight is 417 g/mol. The van der Waals surface area contributed by atoms with E-state index >= 15 is 0 Å². The number of ether oxygens (including phenoxy) is 2. The number of urea groups is 1. The van der Waals surface area contributed by atoms with Crippen LogP contribution in [0, 0.1) is 0 Å². The number of esters is 1. The van der Waals surface area contributed by atoms with Crippen LogP contribution in [0.4, 0.5) is 4.79 Å². The summed E-state index contributed by atoms with van der Waals surface area (Å²) in [5.41, 5.74) is 0. The number of halogens is 2. The Balaban J connectivity index is 1.80. The first-order chi connectivity index (χ1) is 12.8. The first kappa shape index (κ1) is 21.3. The third kappa shape index (κ3) is 6.59. The van der Waals surface area contributed by atoms with Crippen LogP contribution < -0.4 is 15.4 Å². The van der Waals surface area contributed by atoms with Gasteiger partial charge in [-0.25, -0.2) is 9.59 Å². The molecule has 27 heavy (non-hydrogen) atoms. The molecule has 0 saturated heterocycles. The number of carbonyl (C=O) groups is 3. The van der Waals surface area contributed by atoms with E-state index in [1.165, 1.54) is 26.0 Å². The van der Waals surface area contributed by atoms with Gasteiger partial charge in [0.05, 0.1) is 5.02 Å². The monoisotopic (exact) mass is 416 g/mol. The number of hydrogen-bond acceptors (Lipinski definition) is 5. The minimum atomic E-state index is -1.15. The van der Waals surface area contributed by atoms with Gasteiger partial charge in [0.15, 0.2) is 12.2 Å². The summed E-state index contributed by atoms with van der Waals surface area (Å²) in [5.74, 6) is -1.21. The van der Waals surface area contributed by atoms with Crippen molar-refractivity contribution in [3.63, 3.8) is 0 Å². The highest BCUT2D eigenvalue weighted by Gasteiger charge is 2.26. The van der Waals surface area contributed by atoms with Gasteiger partial charge < -0.3 is 14.8 Å². The lowest BCUT2D eigenvalue weighted by atomic mass is 10.2. The lowest BCUT2D eigenvalue weighted by molar-refractivity contribution is -0.160. The third-order valence-corrected chi connectivity index (χ3v) is 4.65. The SMILES string of the molecule is C[C@H](Oc1ccc(Cl)cc1Cl)C(=O)O[C@H](C)C(=O)NC(=O)NC1CCCC1. The summed E-state index contributed by atoms with van der Waals surface area (Å²) in [6, 6.07) is 4.06. The van der Waals surface area contributed by atoms with Gasteiger partial charge in [0.25, 0.3) is 5.91 Å². The molecular weight excluding hydrogens is 395 g/mol. The van der Waals surface area contributed by atoms with E-state index in [0.717, 1.165) is 25.7 Å². The molecule has 0 bridgehead atoms. The zero-order valence-corrected chi connectivity index (χ0v) is 16.6. The Morgan fingerprint density at radius 1 is 1.11 bits per heavy atom. The first-order valence-corrected chi connectivity index (χ1v) is 9.45. The largest absolute Gasteiger partial charge is 0.477 e. The summed E-state index contributed by atoms with van der Waals surface area (Å²) >= 11 is 11.8. The molecule has 0 spiro atoms. The van der Waals surface area contributed by atoms with Crippen LogP contribution in [0.2, 0.25) is 10.0 Å². The summed E-state index contributed by atoms with van der Waals surface area (Å²) < 4.78 is 10.5. The highest BCUT2D eigenvalue weighted by atomic mass is 35.5. The lowest BCUT2D eigenvalue weighted by Crippen LogP contribution is -2.47. The van der Waals surface area contributed by atoms with Gasteiger partial charge in [-0.15, -0.1) is 0 Å². The number of hydrogen-bond donors (Lipinski definition) is 2. The van der Waals surface area contributed by atoms with E-state index in [1.54, 1.807) is 6.07 Å². The molecule has 1 aromatic rings. The predicted molar refractivity (Wildman–Crippen MR) is 101 cm³/mol. The molecule has 0 heterocycles. The van der Waals surface area contributed by atoms with Gasteiger partial charge in [0.1, 0.15) is 5.75 Å². The maximum absolute atomic E-state index is 12.1. The maximum Gasteiger partial charge on any atom is 0.347 e. The number of carbonyl (C=O) groups excluding carboxylic acids is 3. The van der Waals surface area contributed by atoms with Crippen LogP contribution in [0.3, 0.4) is 0 Å². The summed E-state index contributed by atoms with van der Waals surface area (Å²) in [7, 11) is 0. The van der Waals surface area contributed by atoms with Crippen molar-refractivity contribution in [1.82, 2.24) is 10.6 Å². The molecule has 1 aliphatic rings. The van der Waals surface area contributed by atoms with Crippen LogP contribution in [0.1, 0.15) is 39.5 Å². The topological polar surface area (TPSA) is 93.7 Å². The number of rotatable bonds is 6. The van der Waals surface area contributed by atoms with Crippen LogP contribution in [-0.4, -0.2) is 36.2 Å². The smallest absolute Gasteiger partial charge is 0.347 e. The molecule has 0 radical (unpaired) electrons.